The molecule has 0 amide bonds. The number of hydrogen-bond donors (Lipinski definition) is 0. The first kappa shape index (κ1) is 7.72. The van der Waals surface area contributed by atoms with Crippen LogP contribution in [-0.4, -0.2) is 29.2 Å². The van der Waals surface area contributed by atoms with Crippen molar-refractivity contribution in [1.82, 2.24) is 15.1 Å². The topological polar surface area (TPSA) is 29.0 Å². The Balaban J connectivity index is 2.65. The van der Waals surface area contributed by atoms with E-state index in [0.717, 1.165) is 5.69 Å². The highest BCUT2D eigenvalue weighted by Crippen LogP contribution is 1.94. The Morgan fingerprint density at radius 2 is 2.27 bits per heavy atom. The van der Waals surface area contributed by atoms with Crippen LogP contribution in [0.25, 0.3) is 6.08 Å². The van der Waals surface area contributed by atoms with Crippen LogP contribution in [0.4, 0.5) is 0 Å². The van der Waals surface area contributed by atoms with Crippen molar-refractivity contribution < 1.29 is 0 Å². The minimum Gasteiger partial charge on any atom is -0.383 e. The number of aromatic nitrogens is 2. The third kappa shape index (κ3) is 2.80. The van der Waals surface area contributed by atoms with E-state index in [1.807, 2.05) is 43.4 Å². The predicted molar refractivity (Wildman–Crippen MR) is 44.8 cm³/mol. The fourth-order valence-electron chi connectivity index (χ4n) is 0.628. The minimum atomic E-state index is 0.876. The largest absolute Gasteiger partial charge is 0.383 e. The van der Waals surface area contributed by atoms with Crippen LogP contribution in [0.3, 0.4) is 0 Å². The van der Waals surface area contributed by atoms with Gasteiger partial charge in [0.15, 0.2) is 0 Å². The van der Waals surface area contributed by atoms with Gasteiger partial charge >= 0.3 is 0 Å². The lowest BCUT2D eigenvalue weighted by atomic mass is 10.4. The van der Waals surface area contributed by atoms with E-state index in [0.29, 0.717) is 0 Å². The minimum absolute atomic E-state index is 0.876. The quantitative estimate of drug-likeness (QED) is 0.628. The fraction of sp³-hybridized carbons (Fsp3) is 0.250. The summed E-state index contributed by atoms with van der Waals surface area (Å²) in [6.07, 6.45) is 5.50. The van der Waals surface area contributed by atoms with Crippen LogP contribution in [0.2, 0.25) is 0 Å². The molecule has 0 N–H and O–H groups in total. The zero-order valence-electron chi connectivity index (χ0n) is 6.73. The third-order valence-electron chi connectivity index (χ3n) is 1.14. The van der Waals surface area contributed by atoms with E-state index in [-0.39, 0.29) is 0 Å². The Morgan fingerprint density at radius 1 is 1.45 bits per heavy atom. The molecule has 1 rings (SSSR count). The molecule has 0 unspecified atom stereocenters. The lowest BCUT2D eigenvalue weighted by molar-refractivity contribution is 0.567. The van der Waals surface area contributed by atoms with Crippen molar-refractivity contribution in [3.8, 4) is 0 Å². The summed E-state index contributed by atoms with van der Waals surface area (Å²) < 4.78 is 0. The van der Waals surface area contributed by atoms with Gasteiger partial charge in [0.05, 0.1) is 5.69 Å². The molecule has 0 fully saturated rings. The molecule has 0 aliphatic carbocycles. The maximum absolute atomic E-state index is 3.89. The number of nitrogens with zero attached hydrogens (tertiary/aromatic N) is 3. The van der Waals surface area contributed by atoms with E-state index in [4.69, 9.17) is 0 Å². The summed E-state index contributed by atoms with van der Waals surface area (Å²) in [5.41, 5.74) is 0.876. The van der Waals surface area contributed by atoms with Gasteiger partial charge in [0, 0.05) is 26.5 Å². The van der Waals surface area contributed by atoms with Crippen molar-refractivity contribution in [1.29, 1.82) is 0 Å². The second kappa shape index (κ2) is 3.71. The molecule has 0 saturated heterocycles. The highest BCUT2D eigenvalue weighted by molar-refractivity contribution is 5.42. The molecule has 1 aromatic rings. The van der Waals surface area contributed by atoms with Gasteiger partial charge in [-0.05, 0) is 18.2 Å². The average Bonchev–Trinajstić information content (AvgIpc) is 2.03. The van der Waals surface area contributed by atoms with Crippen LogP contribution in [0.1, 0.15) is 5.69 Å². The molecule has 0 aliphatic heterocycles. The Morgan fingerprint density at radius 3 is 2.82 bits per heavy atom. The molecule has 0 aromatic carbocycles. The predicted octanol–water partition coefficient (Wildman–Crippen LogP) is 1.01. The van der Waals surface area contributed by atoms with Crippen LogP contribution >= 0.6 is 0 Å². The first-order valence-electron chi connectivity index (χ1n) is 3.41. The summed E-state index contributed by atoms with van der Waals surface area (Å²) in [4.78, 5) is 1.95. The van der Waals surface area contributed by atoms with Crippen LogP contribution < -0.4 is 0 Å². The van der Waals surface area contributed by atoms with Gasteiger partial charge in [0.1, 0.15) is 0 Å². The van der Waals surface area contributed by atoms with E-state index in [2.05, 4.69) is 10.2 Å². The molecule has 0 radical (unpaired) electrons. The van der Waals surface area contributed by atoms with Crippen molar-refractivity contribution in [3.05, 3.63) is 30.2 Å². The van der Waals surface area contributed by atoms with Crippen molar-refractivity contribution >= 4 is 6.08 Å². The van der Waals surface area contributed by atoms with Gasteiger partial charge in [-0.25, -0.2) is 0 Å². The molecule has 58 valence electrons. The standard InChI is InChI=1S/C8H11N3/c1-11(2)7-5-8-4-3-6-9-10-8/h3-7H,1-2H3. The summed E-state index contributed by atoms with van der Waals surface area (Å²) >= 11 is 0. The first-order valence-corrected chi connectivity index (χ1v) is 3.41. The zero-order chi connectivity index (χ0) is 8.10. The average molecular weight is 149 g/mol. The lowest BCUT2D eigenvalue weighted by Crippen LogP contribution is -1.99. The molecule has 11 heavy (non-hydrogen) atoms. The van der Waals surface area contributed by atoms with E-state index >= 15 is 0 Å². The first-order chi connectivity index (χ1) is 5.29. The van der Waals surface area contributed by atoms with Gasteiger partial charge in [-0.1, -0.05) is 0 Å². The van der Waals surface area contributed by atoms with Gasteiger partial charge in [0.25, 0.3) is 0 Å². The summed E-state index contributed by atoms with van der Waals surface area (Å²) in [6, 6.07) is 3.77. The maximum Gasteiger partial charge on any atom is 0.0871 e. The number of rotatable bonds is 2. The molecule has 1 heterocycles. The highest BCUT2D eigenvalue weighted by atomic mass is 15.1. The Kier molecular flexibility index (Phi) is 2.60. The third-order valence-corrected chi connectivity index (χ3v) is 1.14. The summed E-state index contributed by atoms with van der Waals surface area (Å²) in [5, 5.41) is 7.63. The molecular weight excluding hydrogens is 138 g/mol. The van der Waals surface area contributed by atoms with Crippen molar-refractivity contribution in [2.75, 3.05) is 14.1 Å². The Labute approximate surface area is 66.4 Å². The lowest BCUT2D eigenvalue weighted by Gasteiger charge is -2.01. The van der Waals surface area contributed by atoms with Crippen molar-refractivity contribution in [2.45, 2.75) is 0 Å². The Hall–Kier alpha value is -1.38. The molecule has 0 bridgehead atoms. The summed E-state index contributed by atoms with van der Waals surface area (Å²) in [7, 11) is 3.93. The molecule has 3 heteroatoms. The van der Waals surface area contributed by atoms with Gasteiger partial charge in [-0.3, -0.25) is 0 Å². The van der Waals surface area contributed by atoms with Gasteiger partial charge in [0.2, 0.25) is 0 Å². The van der Waals surface area contributed by atoms with Crippen LogP contribution in [-0.2, 0) is 0 Å². The van der Waals surface area contributed by atoms with Crippen LogP contribution in [0, 0.1) is 0 Å². The normalized spacial score (nSPS) is 10.4. The second-order valence-corrected chi connectivity index (χ2v) is 2.43. The summed E-state index contributed by atoms with van der Waals surface area (Å²) in [6.45, 7) is 0. The second-order valence-electron chi connectivity index (χ2n) is 2.43. The molecule has 1 aromatic heterocycles. The molecule has 0 saturated carbocycles. The molecule has 0 atom stereocenters. The zero-order valence-corrected chi connectivity index (χ0v) is 6.73. The van der Waals surface area contributed by atoms with Gasteiger partial charge in [-0.15, -0.1) is 0 Å². The summed E-state index contributed by atoms with van der Waals surface area (Å²) in [5.74, 6) is 0. The molecule has 3 nitrogen and oxygen atoms in total. The van der Waals surface area contributed by atoms with E-state index in [1.54, 1.807) is 6.20 Å². The van der Waals surface area contributed by atoms with Crippen LogP contribution in [0.15, 0.2) is 24.5 Å². The molecule has 0 aliphatic rings. The smallest absolute Gasteiger partial charge is 0.0871 e. The van der Waals surface area contributed by atoms with Gasteiger partial charge in [-0.2, -0.15) is 10.2 Å². The van der Waals surface area contributed by atoms with Crippen molar-refractivity contribution in [3.63, 3.8) is 0 Å². The SMILES string of the molecule is CN(C)C=Cc1cccnn1. The van der Waals surface area contributed by atoms with Gasteiger partial charge < -0.3 is 4.90 Å². The van der Waals surface area contributed by atoms with E-state index in [9.17, 15) is 0 Å². The Bertz CT molecular complexity index is 228. The molecule has 0 spiro atoms. The monoisotopic (exact) mass is 149 g/mol. The van der Waals surface area contributed by atoms with E-state index < -0.39 is 0 Å². The van der Waals surface area contributed by atoms with E-state index in [1.165, 1.54) is 0 Å². The number of hydrogen-bond acceptors (Lipinski definition) is 3. The fourth-order valence-corrected chi connectivity index (χ4v) is 0.628. The maximum atomic E-state index is 3.89. The molecular formula is C8H11N3. The van der Waals surface area contributed by atoms with Crippen LogP contribution in [0.5, 0.6) is 0 Å². The van der Waals surface area contributed by atoms with Crippen molar-refractivity contribution in [2.24, 2.45) is 0 Å². The highest BCUT2D eigenvalue weighted by Gasteiger charge is 1.84.